The number of thiophene rings is 1. The fraction of sp³-hybridized carbons (Fsp3) is 0.615. The van der Waals surface area contributed by atoms with Crippen molar-refractivity contribution in [2.45, 2.75) is 38.1 Å². The third-order valence-corrected chi connectivity index (χ3v) is 4.69. The summed E-state index contributed by atoms with van der Waals surface area (Å²) in [6.07, 6.45) is 1.85. The SMILES string of the molecule is CC(C)(C(=O)N1CCC(N)CC1)c1cccs1. The lowest BCUT2D eigenvalue weighted by atomic mass is 9.88. The molecule has 1 amide bonds. The first-order chi connectivity index (χ1) is 8.01. The molecule has 1 aromatic rings. The van der Waals surface area contributed by atoms with E-state index in [2.05, 4.69) is 0 Å². The fourth-order valence-electron chi connectivity index (χ4n) is 2.24. The van der Waals surface area contributed by atoms with Crippen LogP contribution in [0.15, 0.2) is 17.5 Å². The van der Waals surface area contributed by atoms with Gasteiger partial charge in [-0.2, -0.15) is 0 Å². The summed E-state index contributed by atoms with van der Waals surface area (Å²) >= 11 is 1.65. The van der Waals surface area contributed by atoms with Gasteiger partial charge in [-0.15, -0.1) is 11.3 Å². The first-order valence-electron chi connectivity index (χ1n) is 6.11. The molecular weight excluding hydrogens is 232 g/mol. The molecule has 1 aliphatic rings. The highest BCUT2D eigenvalue weighted by molar-refractivity contribution is 7.10. The summed E-state index contributed by atoms with van der Waals surface area (Å²) in [4.78, 5) is 15.6. The Morgan fingerprint density at radius 2 is 2.12 bits per heavy atom. The van der Waals surface area contributed by atoms with Gasteiger partial charge in [0.15, 0.2) is 0 Å². The Morgan fingerprint density at radius 1 is 1.47 bits per heavy atom. The molecule has 1 saturated heterocycles. The second kappa shape index (κ2) is 4.78. The lowest BCUT2D eigenvalue weighted by molar-refractivity contribution is -0.137. The predicted molar refractivity (Wildman–Crippen MR) is 71.1 cm³/mol. The van der Waals surface area contributed by atoms with Crippen LogP contribution in [0.3, 0.4) is 0 Å². The standard InChI is InChI=1S/C13H20N2OS/c1-13(2,11-4-3-9-17-11)12(16)15-7-5-10(14)6-8-15/h3-4,9-10H,5-8,14H2,1-2H3. The Balaban J connectivity index is 2.09. The van der Waals surface area contributed by atoms with Crippen LogP contribution in [0.4, 0.5) is 0 Å². The highest BCUT2D eigenvalue weighted by Gasteiger charge is 2.35. The Kier molecular flexibility index (Phi) is 3.54. The number of carbonyl (C=O) groups excluding carboxylic acids is 1. The fourth-order valence-corrected chi connectivity index (χ4v) is 3.08. The van der Waals surface area contributed by atoms with E-state index in [1.165, 1.54) is 0 Å². The van der Waals surface area contributed by atoms with Crippen LogP contribution in [0.5, 0.6) is 0 Å². The number of hydrogen-bond acceptors (Lipinski definition) is 3. The lowest BCUT2D eigenvalue weighted by Gasteiger charge is -2.35. The van der Waals surface area contributed by atoms with Gasteiger partial charge in [0.1, 0.15) is 0 Å². The predicted octanol–water partition coefficient (Wildman–Crippen LogP) is 1.98. The summed E-state index contributed by atoms with van der Waals surface area (Å²) in [5.74, 6) is 0.229. The van der Waals surface area contributed by atoms with Gasteiger partial charge in [0.25, 0.3) is 0 Å². The summed E-state index contributed by atoms with van der Waals surface area (Å²) < 4.78 is 0. The molecule has 0 unspecified atom stereocenters. The number of piperidine rings is 1. The van der Waals surface area contributed by atoms with Gasteiger partial charge < -0.3 is 10.6 Å². The van der Waals surface area contributed by atoms with Gasteiger partial charge in [0, 0.05) is 24.0 Å². The largest absolute Gasteiger partial charge is 0.342 e. The maximum Gasteiger partial charge on any atom is 0.233 e. The Hall–Kier alpha value is -0.870. The van der Waals surface area contributed by atoms with E-state index in [-0.39, 0.29) is 11.9 Å². The van der Waals surface area contributed by atoms with E-state index in [4.69, 9.17) is 5.73 Å². The van der Waals surface area contributed by atoms with E-state index in [1.54, 1.807) is 11.3 Å². The van der Waals surface area contributed by atoms with Gasteiger partial charge in [0.2, 0.25) is 5.91 Å². The van der Waals surface area contributed by atoms with Crippen molar-refractivity contribution in [3.8, 4) is 0 Å². The quantitative estimate of drug-likeness (QED) is 0.875. The van der Waals surface area contributed by atoms with Gasteiger partial charge in [-0.05, 0) is 38.1 Å². The summed E-state index contributed by atoms with van der Waals surface area (Å²) in [6, 6.07) is 4.31. The molecule has 17 heavy (non-hydrogen) atoms. The second-order valence-electron chi connectivity index (χ2n) is 5.23. The zero-order valence-corrected chi connectivity index (χ0v) is 11.3. The molecule has 0 radical (unpaired) electrons. The molecule has 0 aliphatic carbocycles. The highest BCUT2D eigenvalue weighted by Crippen LogP contribution is 2.30. The average molecular weight is 252 g/mol. The Bertz CT molecular complexity index is 378. The van der Waals surface area contributed by atoms with Gasteiger partial charge in [0.05, 0.1) is 5.41 Å². The van der Waals surface area contributed by atoms with Crippen molar-refractivity contribution < 1.29 is 4.79 Å². The van der Waals surface area contributed by atoms with Crippen LogP contribution in [-0.2, 0) is 10.2 Å². The molecule has 1 aromatic heterocycles. The van der Waals surface area contributed by atoms with Crippen LogP contribution in [0.1, 0.15) is 31.6 Å². The van der Waals surface area contributed by atoms with E-state index in [0.717, 1.165) is 30.8 Å². The van der Waals surface area contributed by atoms with Gasteiger partial charge >= 0.3 is 0 Å². The number of hydrogen-bond donors (Lipinski definition) is 1. The van der Waals surface area contributed by atoms with E-state index >= 15 is 0 Å². The third-order valence-electron chi connectivity index (χ3n) is 3.50. The van der Waals surface area contributed by atoms with Gasteiger partial charge in [-0.1, -0.05) is 6.07 Å². The molecule has 2 N–H and O–H groups in total. The van der Waals surface area contributed by atoms with Crippen LogP contribution in [0.25, 0.3) is 0 Å². The average Bonchev–Trinajstić information content (AvgIpc) is 2.83. The molecule has 2 heterocycles. The zero-order chi connectivity index (χ0) is 12.5. The molecule has 4 heteroatoms. The smallest absolute Gasteiger partial charge is 0.233 e. The number of nitrogens with two attached hydrogens (primary N) is 1. The Morgan fingerprint density at radius 3 is 2.65 bits per heavy atom. The number of carbonyl (C=O) groups is 1. The van der Waals surface area contributed by atoms with Crippen molar-refractivity contribution in [1.29, 1.82) is 0 Å². The molecule has 1 aliphatic heterocycles. The van der Waals surface area contributed by atoms with Crippen LogP contribution < -0.4 is 5.73 Å². The molecule has 2 rings (SSSR count). The van der Waals surface area contributed by atoms with Crippen LogP contribution in [0.2, 0.25) is 0 Å². The van der Waals surface area contributed by atoms with Crippen molar-refractivity contribution >= 4 is 17.2 Å². The highest BCUT2D eigenvalue weighted by atomic mass is 32.1. The van der Waals surface area contributed by atoms with E-state index < -0.39 is 5.41 Å². The molecule has 3 nitrogen and oxygen atoms in total. The second-order valence-corrected chi connectivity index (χ2v) is 6.18. The van der Waals surface area contributed by atoms with Crippen LogP contribution >= 0.6 is 11.3 Å². The minimum atomic E-state index is -0.407. The summed E-state index contributed by atoms with van der Waals surface area (Å²) in [5, 5.41) is 2.02. The van der Waals surface area contributed by atoms with Crippen molar-refractivity contribution in [2.24, 2.45) is 5.73 Å². The number of amides is 1. The number of likely N-dealkylation sites (tertiary alicyclic amines) is 1. The van der Waals surface area contributed by atoms with Crippen molar-refractivity contribution in [2.75, 3.05) is 13.1 Å². The Labute approximate surface area is 107 Å². The van der Waals surface area contributed by atoms with Gasteiger partial charge in [-0.25, -0.2) is 0 Å². The summed E-state index contributed by atoms with van der Waals surface area (Å²) in [6.45, 7) is 5.62. The number of nitrogens with zero attached hydrogens (tertiary/aromatic N) is 1. The van der Waals surface area contributed by atoms with E-state index in [1.807, 2.05) is 36.3 Å². The maximum absolute atomic E-state index is 12.5. The minimum Gasteiger partial charge on any atom is -0.342 e. The number of rotatable bonds is 2. The van der Waals surface area contributed by atoms with Crippen molar-refractivity contribution in [3.05, 3.63) is 22.4 Å². The first kappa shape index (κ1) is 12.6. The van der Waals surface area contributed by atoms with E-state index in [9.17, 15) is 4.79 Å². The monoisotopic (exact) mass is 252 g/mol. The zero-order valence-electron chi connectivity index (χ0n) is 10.5. The molecule has 0 bridgehead atoms. The molecule has 94 valence electrons. The summed E-state index contributed by atoms with van der Waals surface area (Å²) in [7, 11) is 0. The molecule has 0 aromatic carbocycles. The molecule has 0 spiro atoms. The molecule has 0 atom stereocenters. The van der Waals surface area contributed by atoms with Crippen molar-refractivity contribution in [3.63, 3.8) is 0 Å². The summed E-state index contributed by atoms with van der Waals surface area (Å²) in [5.41, 5.74) is 5.46. The van der Waals surface area contributed by atoms with Gasteiger partial charge in [-0.3, -0.25) is 4.79 Å². The normalized spacial score (nSPS) is 18.4. The lowest BCUT2D eigenvalue weighted by Crippen LogP contribution is -2.49. The molecular formula is C13H20N2OS. The van der Waals surface area contributed by atoms with E-state index in [0.29, 0.717) is 0 Å². The van der Waals surface area contributed by atoms with Crippen LogP contribution in [0, 0.1) is 0 Å². The topological polar surface area (TPSA) is 46.3 Å². The minimum absolute atomic E-state index is 0.229. The van der Waals surface area contributed by atoms with Crippen LogP contribution in [-0.4, -0.2) is 29.9 Å². The first-order valence-corrected chi connectivity index (χ1v) is 6.98. The molecule has 1 fully saturated rings. The van der Waals surface area contributed by atoms with Crippen molar-refractivity contribution in [1.82, 2.24) is 4.90 Å². The third kappa shape index (κ3) is 2.53. The molecule has 0 saturated carbocycles. The maximum atomic E-state index is 12.5.